The lowest BCUT2D eigenvalue weighted by Gasteiger charge is -2.36. The van der Waals surface area contributed by atoms with Gasteiger partial charge in [0.05, 0.1) is 0 Å². The number of pyridine rings is 1. The van der Waals surface area contributed by atoms with Crippen LogP contribution in [-0.4, -0.2) is 40.0 Å². The highest BCUT2D eigenvalue weighted by Crippen LogP contribution is 2.28. The molecule has 0 radical (unpaired) electrons. The summed E-state index contributed by atoms with van der Waals surface area (Å²) < 4.78 is 0. The van der Waals surface area contributed by atoms with Gasteiger partial charge in [0.15, 0.2) is 0 Å². The third-order valence-corrected chi connectivity index (χ3v) is 4.11. The van der Waals surface area contributed by atoms with Crippen molar-refractivity contribution < 1.29 is 14.7 Å². The van der Waals surface area contributed by atoms with Crippen molar-refractivity contribution in [3.05, 3.63) is 29.6 Å². The van der Waals surface area contributed by atoms with Gasteiger partial charge in [0.2, 0.25) is 0 Å². The molecule has 1 amide bonds. The van der Waals surface area contributed by atoms with Gasteiger partial charge in [-0.2, -0.15) is 0 Å². The molecule has 2 unspecified atom stereocenters. The third kappa shape index (κ3) is 2.98. The maximum absolute atomic E-state index is 12.5. The fourth-order valence-corrected chi connectivity index (χ4v) is 2.91. The van der Waals surface area contributed by atoms with E-state index in [0.29, 0.717) is 11.5 Å². The molecule has 2 rings (SSSR count). The fraction of sp³-hybridized carbons (Fsp3) is 0.533. The van der Waals surface area contributed by atoms with E-state index in [-0.39, 0.29) is 17.6 Å². The Kier molecular flexibility index (Phi) is 4.37. The first-order valence-electron chi connectivity index (χ1n) is 6.97. The number of carbonyl (C=O) groups excluding carboxylic acids is 1. The number of carboxylic acid groups (broad SMARTS) is 1. The van der Waals surface area contributed by atoms with Crippen LogP contribution in [0.4, 0.5) is 0 Å². The van der Waals surface area contributed by atoms with Crippen molar-refractivity contribution >= 4 is 11.9 Å². The minimum absolute atomic E-state index is 0.0963. The lowest BCUT2D eigenvalue weighted by Crippen LogP contribution is -2.42. The molecule has 1 aromatic rings. The predicted octanol–water partition coefficient (Wildman–Crippen LogP) is 2.43. The number of carbonyl (C=O) groups is 2. The summed E-state index contributed by atoms with van der Waals surface area (Å²) >= 11 is 0. The molecule has 0 saturated heterocycles. The molecule has 108 valence electrons. The maximum atomic E-state index is 12.5. The van der Waals surface area contributed by atoms with Gasteiger partial charge in [0.25, 0.3) is 5.91 Å². The van der Waals surface area contributed by atoms with E-state index in [1.165, 1.54) is 18.7 Å². The van der Waals surface area contributed by atoms with E-state index in [1.807, 2.05) is 0 Å². The zero-order valence-corrected chi connectivity index (χ0v) is 11.9. The summed E-state index contributed by atoms with van der Waals surface area (Å²) in [6.07, 6.45) is 5.88. The van der Waals surface area contributed by atoms with Gasteiger partial charge >= 0.3 is 5.97 Å². The highest BCUT2D eigenvalue weighted by Gasteiger charge is 2.28. The number of hydrogen-bond acceptors (Lipinski definition) is 3. The quantitative estimate of drug-likeness (QED) is 0.920. The molecule has 0 bridgehead atoms. The van der Waals surface area contributed by atoms with Crippen LogP contribution in [0, 0.1) is 5.92 Å². The molecule has 1 aliphatic rings. The second-order valence-electron chi connectivity index (χ2n) is 5.48. The Morgan fingerprint density at radius 3 is 2.70 bits per heavy atom. The SMILES string of the molecule is CC1CCCCC1N(C)C(=O)c1ccnc(C(=O)O)c1. The number of carboxylic acids is 1. The average molecular weight is 276 g/mol. The molecule has 0 spiro atoms. The van der Waals surface area contributed by atoms with E-state index in [0.717, 1.165) is 19.3 Å². The zero-order chi connectivity index (χ0) is 14.7. The van der Waals surface area contributed by atoms with Crippen LogP contribution in [-0.2, 0) is 0 Å². The monoisotopic (exact) mass is 276 g/mol. The standard InChI is InChI=1S/C15H20N2O3/c1-10-5-3-4-6-13(10)17(2)14(18)11-7-8-16-12(9-11)15(19)20/h7-10,13H,3-6H2,1-2H3,(H,19,20). The van der Waals surface area contributed by atoms with Gasteiger partial charge < -0.3 is 10.0 Å². The molecule has 20 heavy (non-hydrogen) atoms. The first-order chi connectivity index (χ1) is 9.50. The van der Waals surface area contributed by atoms with Crippen LogP contribution in [0.5, 0.6) is 0 Å². The highest BCUT2D eigenvalue weighted by atomic mass is 16.4. The van der Waals surface area contributed by atoms with Crippen molar-refractivity contribution in [2.75, 3.05) is 7.05 Å². The fourth-order valence-electron chi connectivity index (χ4n) is 2.91. The molecular weight excluding hydrogens is 256 g/mol. The van der Waals surface area contributed by atoms with E-state index < -0.39 is 5.97 Å². The highest BCUT2D eigenvalue weighted by molar-refractivity contribution is 5.96. The summed E-state index contributed by atoms with van der Waals surface area (Å²) in [6.45, 7) is 2.17. The molecule has 1 saturated carbocycles. The van der Waals surface area contributed by atoms with Gasteiger partial charge in [-0.3, -0.25) is 4.79 Å². The van der Waals surface area contributed by atoms with Gasteiger partial charge in [0, 0.05) is 24.8 Å². The first kappa shape index (κ1) is 14.5. The number of nitrogens with zero attached hydrogens (tertiary/aromatic N) is 2. The van der Waals surface area contributed by atoms with Crippen LogP contribution in [0.15, 0.2) is 18.3 Å². The van der Waals surface area contributed by atoms with E-state index in [1.54, 1.807) is 18.0 Å². The van der Waals surface area contributed by atoms with Crippen LogP contribution < -0.4 is 0 Å². The molecule has 1 fully saturated rings. The topological polar surface area (TPSA) is 70.5 Å². The normalized spacial score (nSPS) is 22.3. The zero-order valence-electron chi connectivity index (χ0n) is 11.9. The minimum Gasteiger partial charge on any atom is -0.477 e. The van der Waals surface area contributed by atoms with Gasteiger partial charge in [-0.1, -0.05) is 19.8 Å². The third-order valence-electron chi connectivity index (χ3n) is 4.11. The Morgan fingerprint density at radius 2 is 2.05 bits per heavy atom. The summed E-state index contributed by atoms with van der Waals surface area (Å²) in [4.78, 5) is 28.9. The summed E-state index contributed by atoms with van der Waals surface area (Å²) in [5.41, 5.74) is 0.290. The second-order valence-corrected chi connectivity index (χ2v) is 5.48. The van der Waals surface area contributed by atoms with Gasteiger partial charge in [-0.25, -0.2) is 9.78 Å². The molecule has 2 atom stereocenters. The second kappa shape index (κ2) is 6.03. The van der Waals surface area contributed by atoms with E-state index >= 15 is 0 Å². The molecule has 1 heterocycles. The van der Waals surface area contributed by atoms with Gasteiger partial charge in [-0.15, -0.1) is 0 Å². The van der Waals surface area contributed by atoms with Crippen LogP contribution in [0.25, 0.3) is 0 Å². The summed E-state index contributed by atoms with van der Waals surface area (Å²) in [6, 6.07) is 3.14. The number of hydrogen-bond donors (Lipinski definition) is 1. The lowest BCUT2D eigenvalue weighted by atomic mass is 9.85. The Morgan fingerprint density at radius 1 is 1.35 bits per heavy atom. The van der Waals surface area contributed by atoms with Crippen molar-refractivity contribution in [3.63, 3.8) is 0 Å². The van der Waals surface area contributed by atoms with Crippen molar-refractivity contribution in [2.45, 2.75) is 38.6 Å². The van der Waals surface area contributed by atoms with Crippen molar-refractivity contribution in [1.82, 2.24) is 9.88 Å². The van der Waals surface area contributed by atoms with Crippen LogP contribution in [0.1, 0.15) is 53.5 Å². The number of rotatable bonds is 3. The Hall–Kier alpha value is -1.91. The molecule has 0 aliphatic heterocycles. The molecule has 1 aromatic heterocycles. The van der Waals surface area contributed by atoms with Crippen molar-refractivity contribution in [3.8, 4) is 0 Å². The number of aromatic nitrogens is 1. The lowest BCUT2D eigenvalue weighted by molar-refractivity contribution is 0.0629. The molecule has 1 N–H and O–H groups in total. The van der Waals surface area contributed by atoms with Crippen LogP contribution in [0.3, 0.4) is 0 Å². The smallest absolute Gasteiger partial charge is 0.354 e. The minimum atomic E-state index is -1.12. The summed E-state index contributed by atoms with van der Waals surface area (Å²) in [5, 5.41) is 8.93. The molecule has 1 aliphatic carbocycles. The molecule has 5 nitrogen and oxygen atoms in total. The van der Waals surface area contributed by atoms with E-state index in [4.69, 9.17) is 5.11 Å². The van der Waals surface area contributed by atoms with E-state index in [2.05, 4.69) is 11.9 Å². The maximum Gasteiger partial charge on any atom is 0.354 e. The van der Waals surface area contributed by atoms with Gasteiger partial charge in [0.1, 0.15) is 5.69 Å². The largest absolute Gasteiger partial charge is 0.477 e. The summed E-state index contributed by atoms with van der Waals surface area (Å²) in [7, 11) is 1.80. The van der Waals surface area contributed by atoms with Crippen molar-refractivity contribution in [2.24, 2.45) is 5.92 Å². The van der Waals surface area contributed by atoms with Crippen LogP contribution >= 0.6 is 0 Å². The molecular formula is C15H20N2O3. The van der Waals surface area contributed by atoms with Crippen LogP contribution in [0.2, 0.25) is 0 Å². The Labute approximate surface area is 118 Å². The Balaban J connectivity index is 2.17. The van der Waals surface area contributed by atoms with Crippen molar-refractivity contribution in [1.29, 1.82) is 0 Å². The molecule has 0 aromatic carbocycles. The number of aromatic carboxylic acids is 1. The Bertz CT molecular complexity index is 516. The average Bonchev–Trinajstić information content (AvgIpc) is 2.46. The first-order valence-corrected chi connectivity index (χ1v) is 6.97. The number of amides is 1. The predicted molar refractivity (Wildman–Crippen MR) is 74.7 cm³/mol. The summed E-state index contributed by atoms with van der Waals surface area (Å²) in [5.74, 6) is -0.763. The molecule has 5 heteroatoms. The van der Waals surface area contributed by atoms with E-state index in [9.17, 15) is 9.59 Å². The van der Waals surface area contributed by atoms with Gasteiger partial charge in [-0.05, 0) is 30.9 Å².